The second-order valence-corrected chi connectivity index (χ2v) is 10.6. The van der Waals surface area contributed by atoms with Gasteiger partial charge < -0.3 is 18.9 Å². The van der Waals surface area contributed by atoms with E-state index in [1.807, 2.05) is 24.3 Å². The molecular formula is C36H42N2O5. The predicted molar refractivity (Wildman–Crippen MR) is 171 cm³/mol. The number of nitrogens with zero attached hydrogens (tertiary/aromatic N) is 1. The number of fused-ring (bicyclic) bond motifs is 1. The molecule has 1 unspecified atom stereocenters. The molecule has 0 bridgehead atoms. The number of carbonyl (C=O) groups is 1. The van der Waals surface area contributed by atoms with Gasteiger partial charge in [-0.2, -0.15) is 0 Å². The van der Waals surface area contributed by atoms with E-state index in [2.05, 4.69) is 59.8 Å². The average molecular weight is 583 g/mol. The van der Waals surface area contributed by atoms with Crippen LogP contribution in [0, 0.1) is 0 Å². The number of hydrogen-bond donors (Lipinski definition) is 1. The summed E-state index contributed by atoms with van der Waals surface area (Å²) in [4.78, 5) is 11.8. The van der Waals surface area contributed by atoms with Crippen LogP contribution in [0.1, 0.15) is 67.3 Å². The van der Waals surface area contributed by atoms with Gasteiger partial charge in [-0.05, 0) is 102 Å². The van der Waals surface area contributed by atoms with Crippen molar-refractivity contribution in [3.63, 3.8) is 0 Å². The first kappa shape index (κ1) is 30.5. The Morgan fingerprint density at radius 3 is 2.44 bits per heavy atom. The molecule has 0 radical (unpaired) electrons. The first-order valence-corrected chi connectivity index (χ1v) is 15.3. The van der Waals surface area contributed by atoms with Crippen LogP contribution in [-0.4, -0.2) is 45.7 Å². The van der Waals surface area contributed by atoms with E-state index in [-0.39, 0.29) is 12.2 Å². The van der Waals surface area contributed by atoms with E-state index < -0.39 is 0 Å². The third-order valence-corrected chi connectivity index (χ3v) is 7.82. The minimum absolute atomic E-state index is 0.0712. The summed E-state index contributed by atoms with van der Waals surface area (Å²) in [6.45, 7) is 7.00. The monoisotopic (exact) mass is 582 g/mol. The highest BCUT2D eigenvalue weighted by molar-refractivity contribution is 5.99. The molecule has 1 N–H and O–H groups in total. The highest BCUT2D eigenvalue weighted by Crippen LogP contribution is 2.38. The molecule has 3 aromatic carbocycles. The van der Waals surface area contributed by atoms with Crippen molar-refractivity contribution in [2.75, 3.05) is 38.5 Å². The number of rotatable bonds is 12. The van der Waals surface area contributed by atoms with E-state index >= 15 is 0 Å². The van der Waals surface area contributed by atoms with Crippen LogP contribution in [0.3, 0.4) is 0 Å². The number of carbonyl (C=O) groups excluding carboxylic acids is 1. The number of esters is 1. The molecule has 0 aromatic heterocycles. The third-order valence-electron chi connectivity index (χ3n) is 7.82. The summed E-state index contributed by atoms with van der Waals surface area (Å²) < 4.78 is 22.1. The van der Waals surface area contributed by atoms with Crippen molar-refractivity contribution in [1.29, 1.82) is 0 Å². The van der Waals surface area contributed by atoms with Gasteiger partial charge in [-0.1, -0.05) is 49.4 Å². The summed E-state index contributed by atoms with van der Waals surface area (Å²) in [6.07, 6.45) is 7.52. The molecule has 2 heterocycles. The van der Waals surface area contributed by atoms with Crippen molar-refractivity contribution < 1.29 is 23.7 Å². The van der Waals surface area contributed by atoms with Gasteiger partial charge in [0.2, 0.25) is 0 Å². The van der Waals surface area contributed by atoms with Crippen LogP contribution in [0.15, 0.2) is 72.8 Å². The standard InChI is InChI=1S/C36H42N2O5/c1-4-32(27-14-17-31(18-15-27)42-23-22-40-3)36(28-12-9-26(10-13-28)11-20-35(39)41-5-2)29-16-19-33-30(24-29)25-37-38(33)34-8-6-7-21-43-34/h9-20,24,34,37H,4-8,21-23,25H2,1-3H3/b20-11+,36-32+. The Hall–Kier alpha value is -3.91. The Kier molecular flexibility index (Phi) is 10.7. The van der Waals surface area contributed by atoms with E-state index in [0.29, 0.717) is 19.8 Å². The summed E-state index contributed by atoms with van der Waals surface area (Å²) >= 11 is 0. The van der Waals surface area contributed by atoms with Crippen molar-refractivity contribution >= 4 is 28.9 Å². The zero-order chi connectivity index (χ0) is 30.0. The maximum atomic E-state index is 11.8. The fourth-order valence-corrected chi connectivity index (χ4v) is 5.71. The molecule has 226 valence electrons. The second kappa shape index (κ2) is 15.0. The van der Waals surface area contributed by atoms with Crippen LogP contribution < -0.4 is 15.2 Å². The van der Waals surface area contributed by atoms with Crippen LogP contribution in [0.2, 0.25) is 0 Å². The normalized spacial score (nSPS) is 17.1. The largest absolute Gasteiger partial charge is 0.491 e. The lowest BCUT2D eigenvalue weighted by atomic mass is 9.87. The van der Waals surface area contributed by atoms with Gasteiger partial charge in [0.05, 0.1) is 18.9 Å². The zero-order valence-electron chi connectivity index (χ0n) is 25.4. The first-order valence-electron chi connectivity index (χ1n) is 15.3. The molecule has 2 aliphatic rings. The van der Waals surface area contributed by atoms with Gasteiger partial charge >= 0.3 is 5.97 Å². The second-order valence-electron chi connectivity index (χ2n) is 10.6. The SMILES string of the molecule is CCOC(=O)/C=C/c1ccc(/C(=C(/CC)c2ccc(OCCOC)cc2)c2ccc3c(c2)CNN3C2CCCCO2)cc1. The Morgan fingerprint density at radius 1 is 0.977 bits per heavy atom. The molecule has 7 nitrogen and oxygen atoms in total. The molecule has 1 fully saturated rings. The Balaban J connectivity index is 1.51. The molecule has 43 heavy (non-hydrogen) atoms. The number of hydrogen-bond acceptors (Lipinski definition) is 7. The molecular weight excluding hydrogens is 540 g/mol. The maximum Gasteiger partial charge on any atom is 0.330 e. The van der Waals surface area contributed by atoms with Gasteiger partial charge in [0.25, 0.3) is 0 Å². The Bertz CT molecular complexity index is 1420. The fraction of sp³-hybridized carbons (Fsp3) is 0.361. The third kappa shape index (κ3) is 7.54. The highest BCUT2D eigenvalue weighted by atomic mass is 16.5. The Labute approximate surface area is 255 Å². The van der Waals surface area contributed by atoms with Crippen LogP contribution in [0.5, 0.6) is 5.75 Å². The molecule has 2 aliphatic heterocycles. The summed E-state index contributed by atoms with van der Waals surface area (Å²) in [7, 11) is 1.67. The summed E-state index contributed by atoms with van der Waals surface area (Å²) in [5, 5.41) is 2.20. The summed E-state index contributed by atoms with van der Waals surface area (Å²) in [6, 6.07) is 23.4. The number of ether oxygens (including phenoxy) is 4. The van der Waals surface area contributed by atoms with Crippen LogP contribution >= 0.6 is 0 Å². The minimum Gasteiger partial charge on any atom is -0.491 e. The van der Waals surface area contributed by atoms with Crippen molar-refractivity contribution in [2.45, 2.75) is 52.3 Å². The van der Waals surface area contributed by atoms with Crippen molar-refractivity contribution in [3.8, 4) is 5.75 Å². The quantitative estimate of drug-likeness (QED) is 0.107. The highest BCUT2D eigenvalue weighted by Gasteiger charge is 2.28. The molecule has 5 rings (SSSR count). The molecule has 0 spiro atoms. The zero-order valence-corrected chi connectivity index (χ0v) is 25.4. The number of nitrogens with one attached hydrogen (secondary N) is 1. The van der Waals surface area contributed by atoms with Gasteiger partial charge in [0.1, 0.15) is 18.6 Å². The van der Waals surface area contributed by atoms with Crippen LogP contribution in [0.25, 0.3) is 17.2 Å². The number of hydrazine groups is 1. The lowest BCUT2D eigenvalue weighted by Gasteiger charge is -2.32. The summed E-state index contributed by atoms with van der Waals surface area (Å²) in [5.41, 5.74) is 12.8. The number of allylic oxidation sites excluding steroid dienone is 1. The van der Waals surface area contributed by atoms with Gasteiger partial charge in [-0.25, -0.2) is 10.2 Å². The molecule has 7 heteroatoms. The first-order chi connectivity index (χ1) is 21.1. The molecule has 1 atom stereocenters. The maximum absolute atomic E-state index is 11.8. The van der Waals surface area contributed by atoms with Gasteiger partial charge in [-0.3, -0.25) is 5.01 Å². The molecule has 0 aliphatic carbocycles. The van der Waals surface area contributed by atoms with E-state index in [0.717, 1.165) is 54.9 Å². The summed E-state index contributed by atoms with van der Waals surface area (Å²) in [5.74, 6) is 0.485. The molecule has 1 saturated heterocycles. The topological polar surface area (TPSA) is 69.3 Å². The van der Waals surface area contributed by atoms with E-state index in [9.17, 15) is 4.79 Å². The number of benzene rings is 3. The van der Waals surface area contributed by atoms with Crippen molar-refractivity contribution in [3.05, 3.63) is 101 Å². The van der Waals surface area contributed by atoms with Crippen molar-refractivity contribution in [2.24, 2.45) is 0 Å². The Morgan fingerprint density at radius 2 is 1.74 bits per heavy atom. The van der Waals surface area contributed by atoms with Gasteiger partial charge in [0.15, 0.2) is 0 Å². The lowest BCUT2D eigenvalue weighted by molar-refractivity contribution is -0.137. The van der Waals surface area contributed by atoms with Crippen LogP contribution in [0.4, 0.5) is 5.69 Å². The fourth-order valence-electron chi connectivity index (χ4n) is 5.71. The van der Waals surface area contributed by atoms with E-state index in [1.54, 1.807) is 20.1 Å². The number of methoxy groups -OCH3 is 1. The van der Waals surface area contributed by atoms with E-state index in [4.69, 9.17) is 18.9 Å². The average Bonchev–Trinajstić information content (AvgIpc) is 3.47. The molecule has 0 amide bonds. The van der Waals surface area contributed by atoms with E-state index in [1.165, 1.54) is 40.5 Å². The molecule has 3 aromatic rings. The minimum atomic E-state index is -0.338. The van der Waals surface area contributed by atoms with Gasteiger partial charge in [0, 0.05) is 26.3 Å². The number of anilines is 1. The van der Waals surface area contributed by atoms with Gasteiger partial charge in [-0.15, -0.1) is 0 Å². The predicted octanol–water partition coefficient (Wildman–Crippen LogP) is 7.01. The smallest absolute Gasteiger partial charge is 0.330 e. The van der Waals surface area contributed by atoms with Crippen molar-refractivity contribution in [1.82, 2.24) is 5.43 Å². The van der Waals surface area contributed by atoms with Crippen LogP contribution in [-0.2, 0) is 25.5 Å². The lowest BCUT2D eigenvalue weighted by Crippen LogP contribution is -2.44. The molecule has 0 saturated carbocycles.